The number of ether oxygens (including phenoxy) is 3. The van der Waals surface area contributed by atoms with Gasteiger partial charge in [-0.3, -0.25) is 20.2 Å². The van der Waals surface area contributed by atoms with E-state index >= 15 is 0 Å². The molecule has 1 fully saturated rings. The molecule has 0 radical (unpaired) electrons. The van der Waals surface area contributed by atoms with Gasteiger partial charge in [-0.05, 0) is 44.5 Å². The van der Waals surface area contributed by atoms with Gasteiger partial charge in [0.2, 0.25) is 6.04 Å². The van der Waals surface area contributed by atoms with E-state index in [1.807, 2.05) is 6.92 Å². The van der Waals surface area contributed by atoms with Crippen LogP contribution in [-0.2, 0) is 19.1 Å². The van der Waals surface area contributed by atoms with Crippen LogP contribution in [0.25, 0.3) is 0 Å². The number of esters is 2. The monoisotopic (exact) mass is 546 g/mol. The topological polar surface area (TPSA) is 117 Å². The highest BCUT2D eigenvalue weighted by molar-refractivity contribution is 9.10. The molecule has 0 spiro atoms. The van der Waals surface area contributed by atoms with Crippen LogP contribution in [0.3, 0.4) is 0 Å². The van der Waals surface area contributed by atoms with E-state index in [4.69, 9.17) is 14.2 Å². The number of carbonyl (C=O) groups excluding carboxylic acids is 2. The van der Waals surface area contributed by atoms with Gasteiger partial charge in [-0.2, -0.15) is 0 Å². The molecule has 1 aliphatic rings. The molecule has 10 heteroatoms. The van der Waals surface area contributed by atoms with Gasteiger partial charge < -0.3 is 14.2 Å². The molecule has 2 aromatic rings. The van der Waals surface area contributed by atoms with Crippen LogP contribution in [0.15, 0.2) is 59.3 Å². The molecule has 0 aliphatic carbocycles. The van der Waals surface area contributed by atoms with Gasteiger partial charge in [0, 0.05) is 15.0 Å². The molecule has 3 rings (SSSR count). The maximum atomic E-state index is 13.0. The van der Waals surface area contributed by atoms with Gasteiger partial charge in [0.1, 0.15) is 17.8 Å². The summed E-state index contributed by atoms with van der Waals surface area (Å²) in [7, 11) is 0. The summed E-state index contributed by atoms with van der Waals surface area (Å²) in [5.41, 5.74) is 1.97. The molecule has 4 atom stereocenters. The minimum absolute atomic E-state index is 0.134. The Morgan fingerprint density at radius 1 is 1.11 bits per heavy atom. The number of hydrogen-bond acceptors (Lipinski definition) is 8. The average Bonchev–Trinajstić information content (AvgIpc) is 3.22. The van der Waals surface area contributed by atoms with Gasteiger partial charge in [0.05, 0.1) is 31.5 Å². The van der Waals surface area contributed by atoms with Crippen molar-refractivity contribution in [3.8, 4) is 5.75 Å². The fourth-order valence-electron chi connectivity index (χ4n) is 4.22. The van der Waals surface area contributed by atoms with E-state index in [0.717, 1.165) is 16.1 Å². The zero-order valence-electron chi connectivity index (χ0n) is 19.6. The van der Waals surface area contributed by atoms with E-state index in [0.29, 0.717) is 16.9 Å². The SMILES string of the molecule is CCOC(=O)/C=C/Oc1ccc(C)cc1[C@H]1[C@H]([N+](=O)[O-])[C@H](c2ccc(Br)cc2)N[C@@H]1C(=O)OCC. The van der Waals surface area contributed by atoms with Crippen LogP contribution in [0, 0.1) is 17.0 Å². The highest BCUT2D eigenvalue weighted by Gasteiger charge is 2.55. The molecule has 1 aliphatic heterocycles. The largest absolute Gasteiger partial charge is 0.465 e. The van der Waals surface area contributed by atoms with Gasteiger partial charge in [0.25, 0.3) is 0 Å². The van der Waals surface area contributed by atoms with E-state index < -0.39 is 36.0 Å². The molecular formula is C25H27BrN2O7. The third-order valence-electron chi connectivity index (χ3n) is 5.65. The predicted octanol–water partition coefficient (Wildman–Crippen LogP) is 4.22. The molecule has 2 aromatic carbocycles. The van der Waals surface area contributed by atoms with Gasteiger partial charge >= 0.3 is 11.9 Å². The Labute approximate surface area is 211 Å². The molecule has 1 N–H and O–H groups in total. The smallest absolute Gasteiger partial charge is 0.333 e. The number of benzene rings is 2. The molecule has 0 saturated carbocycles. The summed E-state index contributed by atoms with van der Waals surface area (Å²) in [5.74, 6) is -1.77. The van der Waals surface area contributed by atoms with Gasteiger partial charge in [-0.25, -0.2) is 4.79 Å². The van der Waals surface area contributed by atoms with E-state index in [9.17, 15) is 19.7 Å². The van der Waals surface area contributed by atoms with Crippen LogP contribution in [-0.4, -0.2) is 42.2 Å². The van der Waals surface area contributed by atoms with Crippen LogP contribution in [0.5, 0.6) is 5.75 Å². The summed E-state index contributed by atoms with van der Waals surface area (Å²) in [6.45, 7) is 5.56. The van der Waals surface area contributed by atoms with Gasteiger partial charge in [0.15, 0.2) is 0 Å². The fraction of sp³-hybridized carbons (Fsp3) is 0.360. The van der Waals surface area contributed by atoms with Crippen molar-refractivity contribution in [2.75, 3.05) is 13.2 Å². The first-order valence-corrected chi connectivity index (χ1v) is 12.0. The molecule has 0 amide bonds. The van der Waals surface area contributed by atoms with E-state index in [1.165, 1.54) is 6.26 Å². The lowest BCUT2D eigenvalue weighted by Gasteiger charge is -2.22. The minimum atomic E-state index is -1.19. The summed E-state index contributed by atoms with van der Waals surface area (Å²) in [6, 6.07) is 9.41. The lowest BCUT2D eigenvalue weighted by atomic mass is 9.84. The molecule has 0 aromatic heterocycles. The lowest BCUT2D eigenvalue weighted by molar-refractivity contribution is -0.527. The Bertz CT molecular complexity index is 1100. The fourth-order valence-corrected chi connectivity index (χ4v) is 4.48. The van der Waals surface area contributed by atoms with Gasteiger partial charge in [-0.15, -0.1) is 0 Å². The first-order chi connectivity index (χ1) is 16.8. The maximum Gasteiger partial charge on any atom is 0.333 e. The second-order valence-corrected chi connectivity index (χ2v) is 8.86. The molecule has 1 heterocycles. The quantitative estimate of drug-likeness (QED) is 0.163. The molecule has 35 heavy (non-hydrogen) atoms. The van der Waals surface area contributed by atoms with Crippen molar-refractivity contribution >= 4 is 27.9 Å². The lowest BCUT2D eigenvalue weighted by Crippen LogP contribution is -2.37. The number of rotatable bonds is 9. The summed E-state index contributed by atoms with van der Waals surface area (Å²) in [4.78, 5) is 36.7. The van der Waals surface area contributed by atoms with Crippen molar-refractivity contribution in [1.29, 1.82) is 0 Å². The highest BCUT2D eigenvalue weighted by Crippen LogP contribution is 2.44. The number of nitrogens with one attached hydrogen (secondary N) is 1. The Morgan fingerprint density at radius 3 is 2.43 bits per heavy atom. The molecule has 186 valence electrons. The molecule has 1 saturated heterocycles. The summed E-state index contributed by atoms with van der Waals surface area (Å²) in [6.07, 6.45) is 2.29. The third-order valence-corrected chi connectivity index (χ3v) is 6.18. The number of nitrogens with zero attached hydrogens (tertiary/aromatic N) is 1. The Morgan fingerprint density at radius 2 is 1.80 bits per heavy atom. The first kappa shape index (κ1) is 26.4. The zero-order valence-corrected chi connectivity index (χ0v) is 21.2. The van der Waals surface area contributed by atoms with Crippen molar-refractivity contribution in [3.05, 3.63) is 86.1 Å². The highest BCUT2D eigenvalue weighted by atomic mass is 79.9. The van der Waals surface area contributed by atoms with E-state index in [-0.39, 0.29) is 18.1 Å². The maximum absolute atomic E-state index is 13.0. The van der Waals surface area contributed by atoms with E-state index in [1.54, 1.807) is 56.3 Å². The van der Waals surface area contributed by atoms with Gasteiger partial charge in [-0.1, -0.05) is 45.8 Å². The summed E-state index contributed by atoms with van der Waals surface area (Å²) in [5, 5.41) is 15.6. The van der Waals surface area contributed by atoms with Crippen LogP contribution in [0.2, 0.25) is 0 Å². The molecular weight excluding hydrogens is 520 g/mol. The average molecular weight is 547 g/mol. The zero-order chi connectivity index (χ0) is 25.5. The Hall–Kier alpha value is -3.24. The second-order valence-electron chi connectivity index (χ2n) is 7.94. The van der Waals surface area contributed by atoms with Crippen LogP contribution < -0.4 is 10.1 Å². The van der Waals surface area contributed by atoms with Crippen LogP contribution in [0.1, 0.15) is 42.5 Å². The van der Waals surface area contributed by atoms with Crippen molar-refractivity contribution in [3.63, 3.8) is 0 Å². The number of hydrogen-bond donors (Lipinski definition) is 1. The minimum Gasteiger partial charge on any atom is -0.465 e. The van der Waals surface area contributed by atoms with E-state index in [2.05, 4.69) is 21.2 Å². The third kappa shape index (κ3) is 6.26. The number of halogens is 1. The molecule has 0 bridgehead atoms. The molecule has 9 nitrogen and oxygen atoms in total. The number of nitro groups is 1. The molecule has 0 unspecified atom stereocenters. The second kappa shape index (κ2) is 11.9. The summed E-state index contributed by atoms with van der Waals surface area (Å²) < 4.78 is 16.7. The van der Waals surface area contributed by atoms with Crippen molar-refractivity contribution < 1.29 is 28.7 Å². The Balaban J connectivity index is 2.08. The standard InChI is InChI=1S/C25H27BrN2O7/c1-4-33-20(29)12-13-35-19-11-6-15(3)14-18(19)21-23(25(30)34-5-2)27-22(24(21)28(31)32)16-7-9-17(26)10-8-16/h6-14,21-24,27H,4-5H2,1-3H3/b13-12+/t21-,22+,23+,24+/m1/s1. The van der Waals surface area contributed by atoms with Crippen molar-refractivity contribution in [2.45, 2.75) is 44.8 Å². The van der Waals surface area contributed by atoms with Crippen molar-refractivity contribution in [2.24, 2.45) is 0 Å². The Kier molecular flexibility index (Phi) is 9.00. The van der Waals surface area contributed by atoms with Crippen LogP contribution in [0.4, 0.5) is 0 Å². The summed E-state index contributed by atoms with van der Waals surface area (Å²) >= 11 is 3.38. The first-order valence-electron chi connectivity index (χ1n) is 11.2. The van der Waals surface area contributed by atoms with Crippen LogP contribution >= 0.6 is 15.9 Å². The normalized spacial score (nSPS) is 21.6. The predicted molar refractivity (Wildman–Crippen MR) is 132 cm³/mol. The number of aryl methyl sites for hydroxylation is 1. The van der Waals surface area contributed by atoms with Crippen molar-refractivity contribution in [1.82, 2.24) is 5.32 Å². The number of carbonyl (C=O) groups is 2.